The van der Waals surface area contributed by atoms with Gasteiger partial charge in [0.1, 0.15) is 5.82 Å². The molecule has 2 nitrogen and oxygen atoms in total. The number of rotatable bonds is 2. The Balaban J connectivity index is 2.00. The quantitative estimate of drug-likeness (QED) is 0.768. The maximum Gasteiger partial charge on any atom is 0.152 e. The van der Waals surface area contributed by atoms with Gasteiger partial charge >= 0.3 is 0 Å². The normalized spacial score (nSPS) is 14.1. The van der Waals surface area contributed by atoms with Crippen LogP contribution in [0.15, 0.2) is 42.5 Å². The van der Waals surface area contributed by atoms with E-state index in [1.54, 1.807) is 12.1 Å². The number of para-hydroxylation sites is 1. The second-order valence-electron chi connectivity index (χ2n) is 4.74. The van der Waals surface area contributed by atoms with Crippen LogP contribution < -0.4 is 4.90 Å². The molecule has 3 heteroatoms. The number of carbonyl (C=O) groups is 1. The first kappa shape index (κ1) is 11.9. The third kappa shape index (κ3) is 2.12. The molecule has 0 fully saturated rings. The minimum absolute atomic E-state index is 0.330. The van der Waals surface area contributed by atoms with Crippen LogP contribution in [-0.4, -0.2) is 12.8 Å². The summed E-state index contributed by atoms with van der Waals surface area (Å²) in [5, 5.41) is 0. The highest BCUT2D eigenvalue weighted by molar-refractivity contribution is 5.85. The first-order chi connectivity index (χ1) is 9.29. The molecule has 0 N–H and O–H groups in total. The molecule has 3 rings (SSSR count). The highest BCUT2D eigenvalue weighted by atomic mass is 19.1. The fraction of sp³-hybridized carbons (Fsp3) is 0.188. The molecule has 0 unspecified atom stereocenters. The van der Waals surface area contributed by atoms with Crippen molar-refractivity contribution < 1.29 is 9.18 Å². The Bertz CT molecular complexity index is 624. The molecular weight excluding hydrogens is 241 g/mol. The highest BCUT2D eigenvalue weighted by Gasteiger charge is 2.20. The zero-order valence-corrected chi connectivity index (χ0v) is 10.5. The van der Waals surface area contributed by atoms with Crippen molar-refractivity contribution in [1.29, 1.82) is 0 Å². The molecule has 0 spiro atoms. The molecule has 0 amide bonds. The number of nitrogens with zero attached hydrogens (tertiary/aromatic N) is 1. The minimum atomic E-state index is -0.330. The van der Waals surface area contributed by atoms with E-state index in [0.29, 0.717) is 17.8 Å². The Morgan fingerprint density at radius 3 is 2.63 bits per heavy atom. The van der Waals surface area contributed by atoms with Crippen LogP contribution in [0, 0.1) is 5.82 Å². The Hall–Kier alpha value is -2.16. The van der Waals surface area contributed by atoms with Gasteiger partial charge in [0, 0.05) is 18.7 Å². The van der Waals surface area contributed by atoms with E-state index in [1.807, 2.05) is 17.0 Å². The number of halogens is 1. The first-order valence-corrected chi connectivity index (χ1v) is 6.35. The molecule has 1 aliphatic rings. The summed E-state index contributed by atoms with van der Waals surface area (Å²) in [5.41, 5.74) is 3.35. The topological polar surface area (TPSA) is 20.3 Å². The summed E-state index contributed by atoms with van der Waals surface area (Å²) in [4.78, 5) is 13.0. The Morgan fingerprint density at radius 1 is 1.05 bits per heavy atom. The molecule has 1 heterocycles. The fourth-order valence-corrected chi connectivity index (χ4v) is 2.65. The van der Waals surface area contributed by atoms with E-state index in [1.165, 1.54) is 17.2 Å². The van der Waals surface area contributed by atoms with Crippen molar-refractivity contribution in [2.24, 2.45) is 0 Å². The van der Waals surface area contributed by atoms with E-state index < -0.39 is 0 Å². The molecule has 2 aromatic carbocycles. The van der Waals surface area contributed by atoms with Crippen molar-refractivity contribution in [2.45, 2.75) is 13.0 Å². The van der Waals surface area contributed by atoms with Gasteiger partial charge < -0.3 is 4.90 Å². The molecule has 0 saturated heterocycles. The summed E-state index contributed by atoms with van der Waals surface area (Å²) < 4.78 is 14.0. The Morgan fingerprint density at radius 2 is 1.84 bits per heavy atom. The lowest BCUT2D eigenvalue weighted by Gasteiger charge is -2.31. The molecule has 0 saturated carbocycles. The molecule has 2 aromatic rings. The van der Waals surface area contributed by atoms with Crippen LogP contribution in [0.3, 0.4) is 0 Å². The van der Waals surface area contributed by atoms with E-state index in [2.05, 4.69) is 12.1 Å². The van der Waals surface area contributed by atoms with Gasteiger partial charge in [-0.25, -0.2) is 4.39 Å². The van der Waals surface area contributed by atoms with Gasteiger partial charge in [0.2, 0.25) is 0 Å². The number of carbonyl (C=O) groups excluding carboxylic acids is 1. The smallest absolute Gasteiger partial charge is 0.152 e. The van der Waals surface area contributed by atoms with Gasteiger partial charge in [0.05, 0.1) is 5.69 Å². The number of hydrogen-bond acceptors (Lipinski definition) is 2. The Labute approximate surface area is 111 Å². The lowest BCUT2D eigenvalue weighted by molar-refractivity contribution is 0.112. The zero-order valence-electron chi connectivity index (χ0n) is 10.5. The van der Waals surface area contributed by atoms with Crippen molar-refractivity contribution in [3.05, 3.63) is 65.0 Å². The van der Waals surface area contributed by atoms with Crippen molar-refractivity contribution in [1.82, 2.24) is 0 Å². The predicted octanol–water partition coefficient (Wildman–Crippen LogP) is 3.20. The third-order valence-electron chi connectivity index (χ3n) is 3.59. The van der Waals surface area contributed by atoms with Crippen LogP contribution in [-0.2, 0) is 13.0 Å². The summed E-state index contributed by atoms with van der Waals surface area (Å²) in [7, 11) is 0. The van der Waals surface area contributed by atoms with Gasteiger partial charge in [-0.2, -0.15) is 0 Å². The number of aldehydes is 1. The summed E-state index contributed by atoms with van der Waals surface area (Å²) >= 11 is 0. The van der Waals surface area contributed by atoms with Crippen LogP contribution in [0.5, 0.6) is 0 Å². The van der Waals surface area contributed by atoms with E-state index in [9.17, 15) is 9.18 Å². The monoisotopic (exact) mass is 255 g/mol. The van der Waals surface area contributed by atoms with Crippen LogP contribution in [0.2, 0.25) is 0 Å². The van der Waals surface area contributed by atoms with Gasteiger partial charge in [-0.1, -0.05) is 30.3 Å². The molecule has 96 valence electrons. The maximum absolute atomic E-state index is 14.0. The summed E-state index contributed by atoms with van der Waals surface area (Å²) in [6.45, 7) is 1.39. The number of anilines is 1. The van der Waals surface area contributed by atoms with E-state index in [4.69, 9.17) is 0 Å². The van der Waals surface area contributed by atoms with E-state index >= 15 is 0 Å². The zero-order chi connectivity index (χ0) is 13.2. The van der Waals surface area contributed by atoms with Crippen LogP contribution >= 0.6 is 0 Å². The van der Waals surface area contributed by atoms with Crippen molar-refractivity contribution >= 4 is 12.0 Å². The lowest BCUT2D eigenvalue weighted by Crippen LogP contribution is -2.31. The second kappa shape index (κ2) is 4.84. The van der Waals surface area contributed by atoms with Crippen LogP contribution in [0.1, 0.15) is 21.5 Å². The van der Waals surface area contributed by atoms with Crippen LogP contribution in [0.25, 0.3) is 0 Å². The first-order valence-electron chi connectivity index (χ1n) is 6.35. The molecule has 0 bridgehead atoms. The average molecular weight is 255 g/mol. The van der Waals surface area contributed by atoms with Gasteiger partial charge in [-0.3, -0.25) is 4.79 Å². The molecule has 0 atom stereocenters. The molecule has 1 aliphatic heterocycles. The maximum atomic E-state index is 14.0. The SMILES string of the molecule is O=Cc1cccc(F)c1N1CCc2ccccc2C1. The third-order valence-corrected chi connectivity index (χ3v) is 3.59. The van der Waals surface area contributed by atoms with Gasteiger partial charge in [-0.15, -0.1) is 0 Å². The lowest BCUT2D eigenvalue weighted by atomic mass is 9.99. The standard InChI is InChI=1S/C16H14FNO/c17-15-7-3-6-14(11-19)16(15)18-9-8-12-4-1-2-5-13(12)10-18/h1-7,11H,8-10H2. The molecule has 0 aliphatic carbocycles. The molecule has 0 radical (unpaired) electrons. The largest absolute Gasteiger partial charge is 0.364 e. The Kier molecular flexibility index (Phi) is 3.03. The second-order valence-corrected chi connectivity index (χ2v) is 4.74. The summed E-state index contributed by atoms with van der Waals surface area (Å²) in [6, 6.07) is 12.8. The summed E-state index contributed by atoms with van der Waals surface area (Å²) in [6.07, 6.45) is 1.60. The van der Waals surface area contributed by atoms with Crippen molar-refractivity contribution in [2.75, 3.05) is 11.4 Å². The van der Waals surface area contributed by atoms with Crippen molar-refractivity contribution in [3.8, 4) is 0 Å². The number of hydrogen-bond donors (Lipinski definition) is 0. The van der Waals surface area contributed by atoms with E-state index in [0.717, 1.165) is 19.3 Å². The number of fused-ring (bicyclic) bond motifs is 1. The summed E-state index contributed by atoms with van der Waals surface area (Å²) in [5.74, 6) is -0.330. The number of benzene rings is 2. The highest BCUT2D eigenvalue weighted by Crippen LogP contribution is 2.28. The molecule has 0 aromatic heterocycles. The minimum Gasteiger partial charge on any atom is -0.364 e. The van der Waals surface area contributed by atoms with E-state index in [-0.39, 0.29) is 5.82 Å². The predicted molar refractivity (Wildman–Crippen MR) is 73.0 cm³/mol. The van der Waals surface area contributed by atoms with Gasteiger partial charge in [-0.05, 0) is 29.7 Å². The van der Waals surface area contributed by atoms with Crippen LogP contribution in [0.4, 0.5) is 10.1 Å². The van der Waals surface area contributed by atoms with Gasteiger partial charge in [0.25, 0.3) is 0 Å². The fourth-order valence-electron chi connectivity index (χ4n) is 2.65. The average Bonchev–Trinajstić information content (AvgIpc) is 2.46. The molecule has 19 heavy (non-hydrogen) atoms. The van der Waals surface area contributed by atoms with Crippen molar-refractivity contribution in [3.63, 3.8) is 0 Å². The van der Waals surface area contributed by atoms with Gasteiger partial charge in [0.15, 0.2) is 6.29 Å². The molecular formula is C16H14FNO.